The van der Waals surface area contributed by atoms with Gasteiger partial charge in [-0.25, -0.2) is 18.4 Å². The summed E-state index contributed by atoms with van der Waals surface area (Å²) in [7, 11) is -0.321. The van der Waals surface area contributed by atoms with Crippen LogP contribution in [0.15, 0.2) is 54.9 Å². The standard InChI is InChI=1S/C24H25N3O5S/c1-4-5-12-33(28,29)27-19-10-11-21(17-9-7-6-8-16(17)19)32-24-18-13-22(30-2)23(31-3)14-20(18)25-15-26-24/h6-11,13-15,27H,4-5,12H2,1-3H3. The summed E-state index contributed by atoms with van der Waals surface area (Å²) >= 11 is 0. The SMILES string of the molecule is CCCCS(=O)(=O)Nc1ccc(Oc2ncnc3cc(OC)c(OC)cc23)c2ccccc12. The van der Waals surface area contributed by atoms with Crippen LogP contribution in [0.4, 0.5) is 5.69 Å². The molecule has 0 aliphatic carbocycles. The number of hydrogen-bond acceptors (Lipinski definition) is 7. The molecule has 0 spiro atoms. The molecule has 0 radical (unpaired) electrons. The highest BCUT2D eigenvalue weighted by molar-refractivity contribution is 7.92. The Labute approximate surface area is 192 Å². The van der Waals surface area contributed by atoms with Crippen LogP contribution in [-0.4, -0.2) is 38.4 Å². The number of anilines is 1. The Hall–Kier alpha value is -3.59. The van der Waals surface area contributed by atoms with Crippen molar-refractivity contribution in [3.63, 3.8) is 0 Å². The molecule has 0 bridgehead atoms. The highest BCUT2D eigenvalue weighted by Crippen LogP contribution is 2.38. The first kappa shape index (κ1) is 22.6. The van der Waals surface area contributed by atoms with E-state index in [1.807, 2.05) is 31.2 Å². The molecule has 0 unspecified atom stereocenters. The van der Waals surface area contributed by atoms with Gasteiger partial charge in [-0.2, -0.15) is 0 Å². The molecule has 0 atom stereocenters. The Bertz CT molecular complexity index is 1410. The van der Waals surface area contributed by atoms with Gasteiger partial charge >= 0.3 is 0 Å². The lowest BCUT2D eigenvalue weighted by atomic mass is 10.1. The lowest BCUT2D eigenvalue weighted by Gasteiger charge is -2.15. The van der Waals surface area contributed by atoms with Gasteiger partial charge in [-0.15, -0.1) is 0 Å². The van der Waals surface area contributed by atoms with Crippen molar-refractivity contribution in [3.8, 4) is 23.1 Å². The van der Waals surface area contributed by atoms with Crippen LogP contribution in [0.2, 0.25) is 0 Å². The quantitative estimate of drug-likeness (QED) is 0.364. The van der Waals surface area contributed by atoms with Gasteiger partial charge in [0.2, 0.25) is 15.9 Å². The maximum Gasteiger partial charge on any atom is 0.232 e. The second kappa shape index (κ2) is 9.50. The highest BCUT2D eigenvalue weighted by atomic mass is 32.2. The molecular formula is C24H25N3O5S. The van der Waals surface area contributed by atoms with Crippen LogP contribution < -0.4 is 18.9 Å². The van der Waals surface area contributed by atoms with Gasteiger partial charge in [0.05, 0.1) is 36.6 Å². The fourth-order valence-corrected chi connectivity index (χ4v) is 4.83. The molecule has 8 nitrogen and oxygen atoms in total. The van der Waals surface area contributed by atoms with Gasteiger partial charge < -0.3 is 14.2 Å². The van der Waals surface area contributed by atoms with E-state index in [1.54, 1.807) is 38.5 Å². The smallest absolute Gasteiger partial charge is 0.232 e. The summed E-state index contributed by atoms with van der Waals surface area (Å²) in [6.07, 6.45) is 2.82. The third-order valence-electron chi connectivity index (χ3n) is 5.23. The third-order valence-corrected chi connectivity index (χ3v) is 6.58. The Balaban J connectivity index is 1.76. The van der Waals surface area contributed by atoms with E-state index in [0.717, 1.165) is 17.2 Å². The van der Waals surface area contributed by atoms with Crippen molar-refractivity contribution in [2.24, 2.45) is 0 Å². The zero-order valence-corrected chi connectivity index (χ0v) is 19.5. The van der Waals surface area contributed by atoms with Crippen molar-refractivity contribution in [3.05, 3.63) is 54.9 Å². The zero-order valence-electron chi connectivity index (χ0n) is 18.7. The monoisotopic (exact) mass is 467 g/mol. The Morgan fingerprint density at radius 3 is 2.33 bits per heavy atom. The van der Waals surface area contributed by atoms with Crippen LogP contribution in [0.3, 0.4) is 0 Å². The normalized spacial score (nSPS) is 11.5. The van der Waals surface area contributed by atoms with Gasteiger partial charge in [-0.1, -0.05) is 37.6 Å². The highest BCUT2D eigenvalue weighted by Gasteiger charge is 2.16. The summed E-state index contributed by atoms with van der Waals surface area (Å²) in [5.41, 5.74) is 1.15. The van der Waals surface area contributed by atoms with Crippen molar-refractivity contribution in [1.29, 1.82) is 0 Å². The zero-order chi connectivity index (χ0) is 23.4. The van der Waals surface area contributed by atoms with Crippen molar-refractivity contribution in [2.75, 3.05) is 24.7 Å². The molecule has 33 heavy (non-hydrogen) atoms. The van der Waals surface area contributed by atoms with E-state index in [0.29, 0.717) is 46.1 Å². The number of fused-ring (bicyclic) bond motifs is 2. The third kappa shape index (κ3) is 4.78. The molecule has 0 fully saturated rings. The van der Waals surface area contributed by atoms with E-state index >= 15 is 0 Å². The number of nitrogens with zero attached hydrogens (tertiary/aromatic N) is 2. The van der Waals surface area contributed by atoms with Gasteiger partial charge in [-0.05, 0) is 24.6 Å². The first-order chi connectivity index (χ1) is 16.0. The molecule has 1 aromatic heterocycles. The van der Waals surface area contributed by atoms with Gasteiger partial charge in [0, 0.05) is 16.8 Å². The molecule has 4 rings (SSSR count). The Morgan fingerprint density at radius 1 is 0.879 bits per heavy atom. The lowest BCUT2D eigenvalue weighted by molar-refractivity contribution is 0.355. The van der Waals surface area contributed by atoms with Gasteiger partial charge in [0.25, 0.3) is 0 Å². The largest absolute Gasteiger partial charge is 0.493 e. The summed E-state index contributed by atoms with van der Waals surface area (Å²) in [5, 5.41) is 2.14. The van der Waals surface area contributed by atoms with Crippen LogP contribution in [0.1, 0.15) is 19.8 Å². The molecule has 1 N–H and O–H groups in total. The number of nitrogens with one attached hydrogen (secondary N) is 1. The van der Waals surface area contributed by atoms with Crippen LogP contribution in [-0.2, 0) is 10.0 Å². The topological polar surface area (TPSA) is 99.6 Å². The van der Waals surface area contributed by atoms with E-state index in [4.69, 9.17) is 14.2 Å². The van der Waals surface area contributed by atoms with Crippen molar-refractivity contribution in [2.45, 2.75) is 19.8 Å². The second-order valence-corrected chi connectivity index (χ2v) is 9.28. The molecule has 172 valence electrons. The summed E-state index contributed by atoms with van der Waals surface area (Å²) in [6, 6.07) is 14.4. The van der Waals surface area contributed by atoms with E-state index in [9.17, 15) is 8.42 Å². The number of ether oxygens (including phenoxy) is 3. The van der Waals surface area contributed by atoms with E-state index < -0.39 is 10.0 Å². The molecule has 0 aliphatic heterocycles. The average Bonchev–Trinajstić information content (AvgIpc) is 2.83. The van der Waals surface area contributed by atoms with Gasteiger partial charge in [0.1, 0.15) is 12.1 Å². The molecule has 3 aromatic carbocycles. The fraction of sp³-hybridized carbons (Fsp3) is 0.250. The lowest BCUT2D eigenvalue weighted by Crippen LogP contribution is -2.16. The van der Waals surface area contributed by atoms with Crippen molar-refractivity contribution >= 4 is 37.4 Å². The number of hydrogen-bond donors (Lipinski definition) is 1. The molecule has 0 amide bonds. The van der Waals surface area contributed by atoms with E-state index in [2.05, 4.69) is 14.7 Å². The summed E-state index contributed by atoms with van der Waals surface area (Å²) in [6.45, 7) is 1.96. The minimum Gasteiger partial charge on any atom is -0.493 e. The predicted octanol–water partition coefficient (Wildman–Crippen LogP) is 5.13. The van der Waals surface area contributed by atoms with Crippen LogP contribution in [0.25, 0.3) is 21.7 Å². The number of aromatic nitrogens is 2. The van der Waals surface area contributed by atoms with Crippen molar-refractivity contribution < 1.29 is 22.6 Å². The molecule has 4 aromatic rings. The van der Waals surface area contributed by atoms with Gasteiger partial charge in [-0.3, -0.25) is 4.72 Å². The Kier molecular flexibility index (Phi) is 6.50. The maximum atomic E-state index is 12.5. The molecule has 1 heterocycles. The minimum absolute atomic E-state index is 0.0777. The van der Waals surface area contributed by atoms with Crippen LogP contribution in [0.5, 0.6) is 23.1 Å². The molecular weight excluding hydrogens is 442 g/mol. The van der Waals surface area contributed by atoms with Gasteiger partial charge in [0.15, 0.2) is 11.5 Å². The fourth-order valence-electron chi connectivity index (χ4n) is 3.55. The molecule has 0 saturated heterocycles. The first-order valence-electron chi connectivity index (χ1n) is 10.5. The molecule has 0 aliphatic rings. The van der Waals surface area contributed by atoms with Crippen LogP contribution >= 0.6 is 0 Å². The number of methoxy groups -OCH3 is 2. The maximum absolute atomic E-state index is 12.5. The predicted molar refractivity (Wildman–Crippen MR) is 129 cm³/mol. The summed E-state index contributed by atoms with van der Waals surface area (Å²) < 4.78 is 44.6. The number of unbranched alkanes of at least 4 members (excludes halogenated alkanes) is 1. The first-order valence-corrected chi connectivity index (χ1v) is 12.2. The molecule has 9 heteroatoms. The summed E-state index contributed by atoms with van der Waals surface area (Å²) in [4.78, 5) is 8.62. The number of benzene rings is 3. The Morgan fingerprint density at radius 2 is 1.61 bits per heavy atom. The minimum atomic E-state index is -3.44. The average molecular weight is 468 g/mol. The summed E-state index contributed by atoms with van der Waals surface area (Å²) in [5.74, 6) is 2.05. The number of rotatable bonds is 9. The van der Waals surface area contributed by atoms with Crippen LogP contribution in [0, 0.1) is 0 Å². The van der Waals surface area contributed by atoms with E-state index in [1.165, 1.54) is 6.33 Å². The second-order valence-electron chi connectivity index (χ2n) is 7.44. The molecule has 0 saturated carbocycles. The number of sulfonamides is 1. The van der Waals surface area contributed by atoms with Crippen molar-refractivity contribution in [1.82, 2.24) is 9.97 Å². The van der Waals surface area contributed by atoms with E-state index in [-0.39, 0.29) is 5.75 Å².